The minimum Gasteiger partial charge on any atom is -0.872 e. The van der Waals surface area contributed by atoms with Gasteiger partial charge < -0.3 is 35.6 Å². The van der Waals surface area contributed by atoms with Crippen LogP contribution in [0.25, 0.3) is 50.3 Å². The Labute approximate surface area is 468 Å². The fourth-order valence-corrected chi connectivity index (χ4v) is 12.8. The van der Waals surface area contributed by atoms with Crippen LogP contribution in [-0.2, 0) is 30.1 Å². The number of carbonyl (C=O) groups is 3. The van der Waals surface area contributed by atoms with Gasteiger partial charge >= 0.3 is 11.9 Å². The predicted molar refractivity (Wildman–Crippen MR) is 320 cm³/mol. The van der Waals surface area contributed by atoms with Crippen LogP contribution in [0.5, 0.6) is 11.5 Å². The van der Waals surface area contributed by atoms with Gasteiger partial charge in [0.15, 0.2) is 0 Å². The Morgan fingerprint density at radius 1 is 0.762 bits per heavy atom. The second kappa shape index (κ2) is 22.6. The third-order valence-electron chi connectivity index (χ3n) is 17.3. The molecule has 0 saturated heterocycles. The van der Waals surface area contributed by atoms with Gasteiger partial charge in [-0.05, 0) is 161 Å². The fourth-order valence-electron chi connectivity index (χ4n) is 12.8. The summed E-state index contributed by atoms with van der Waals surface area (Å²) < 4.78 is 4.56. The van der Waals surface area contributed by atoms with E-state index in [0.29, 0.717) is 33.4 Å². The number of rotatable bonds is 10. The number of fused-ring (bicyclic) bond motifs is 6. The van der Waals surface area contributed by atoms with E-state index in [-0.39, 0.29) is 45.4 Å². The molecule has 1 amide bonds. The summed E-state index contributed by atoms with van der Waals surface area (Å²) in [5, 5.41) is 46.1. The highest BCUT2D eigenvalue weighted by atomic mass is 16.4. The molecule has 11 nitrogen and oxygen atoms in total. The summed E-state index contributed by atoms with van der Waals surface area (Å²) in [5.74, 6) is -2.87. The summed E-state index contributed by atoms with van der Waals surface area (Å²) in [6.45, 7) is 13.3. The first-order valence-corrected chi connectivity index (χ1v) is 27.5. The molecule has 3 atom stereocenters. The molecule has 410 valence electrons. The lowest BCUT2D eigenvalue weighted by molar-refractivity contribution is -0.646. The molecule has 1 saturated carbocycles. The number of pyridine rings is 1. The number of carbonyl (C=O) groups excluding carboxylic acids is 1. The van der Waals surface area contributed by atoms with E-state index in [9.17, 15) is 34.8 Å². The number of primary amides is 1. The Hall–Kier alpha value is -8.70. The van der Waals surface area contributed by atoms with E-state index in [1.165, 1.54) is 80.2 Å². The van der Waals surface area contributed by atoms with Crippen LogP contribution in [0.4, 0.5) is 5.69 Å². The molecule has 2 aliphatic carbocycles. The average molecular weight is 1070 g/mol. The molecule has 0 radical (unpaired) electrons. The number of hydrogen-bond acceptors (Lipinski definition) is 6. The zero-order valence-corrected chi connectivity index (χ0v) is 47.3. The van der Waals surface area contributed by atoms with Gasteiger partial charge in [0.05, 0.1) is 5.56 Å². The number of aryl methyl sites for hydroxylation is 3. The van der Waals surface area contributed by atoms with E-state index in [2.05, 4.69) is 174 Å². The number of aromatic nitrogens is 2. The first-order chi connectivity index (χ1) is 38.1. The third kappa shape index (κ3) is 10.6. The average Bonchev–Trinajstić information content (AvgIpc) is 3.90. The van der Waals surface area contributed by atoms with E-state index in [0.717, 1.165) is 25.7 Å². The second-order valence-electron chi connectivity index (χ2n) is 22.7. The van der Waals surface area contributed by atoms with Gasteiger partial charge in [-0.1, -0.05) is 125 Å². The standard InChI is InChI=1S/C26H28N3.C23H16O6.C20H29NO/c1-19-17-21(20(2)29(19)24-9-7-6-8-10-24)11-13-23-14-12-22-18-25(27(3)4)15-16-26(22)28(23)5;24-20-16(14-7-3-1-5-12(14)9-18(20)22(26)27)11-17-15-8-4-2-6-13(15)10-19(21(17)25)23(28)29;1-13(2)14-6-8-16-15(12-14)7-9-17-19(16,3)10-5-11-20(17,4)18(21)22/h6-18H,1-5H3;1-10,24-25H,11H2,(H,26,27)(H,28,29);6,8,12-13,17H,5,7,9-11H2,1-4H3,(H2,21,22)/q+1;;/p-1. The van der Waals surface area contributed by atoms with Crippen molar-refractivity contribution < 1.29 is 39.4 Å². The quantitative estimate of drug-likeness (QED) is 0.0980. The molecule has 2 aromatic heterocycles. The van der Waals surface area contributed by atoms with Crippen molar-refractivity contribution in [3.05, 3.63) is 207 Å². The lowest BCUT2D eigenvalue weighted by atomic mass is 9.49. The van der Waals surface area contributed by atoms with Crippen molar-refractivity contribution in [1.82, 2.24) is 4.57 Å². The zero-order chi connectivity index (χ0) is 57.4. The Morgan fingerprint density at radius 3 is 2.04 bits per heavy atom. The number of hydrogen-bond donors (Lipinski definition) is 4. The van der Waals surface area contributed by atoms with Crippen LogP contribution < -0.4 is 20.3 Å². The van der Waals surface area contributed by atoms with E-state index < -0.39 is 23.4 Å². The van der Waals surface area contributed by atoms with E-state index in [1.807, 2.05) is 0 Å². The summed E-state index contributed by atoms with van der Waals surface area (Å²) >= 11 is 0. The predicted octanol–water partition coefficient (Wildman–Crippen LogP) is 13.4. The first-order valence-electron chi connectivity index (χ1n) is 27.5. The Morgan fingerprint density at radius 2 is 1.40 bits per heavy atom. The highest BCUT2D eigenvalue weighted by Gasteiger charge is 2.54. The number of nitrogens with two attached hydrogens (primary N) is 1. The molecule has 0 spiro atoms. The van der Waals surface area contributed by atoms with E-state index in [1.54, 1.807) is 48.5 Å². The van der Waals surface area contributed by atoms with Crippen molar-refractivity contribution in [3.8, 4) is 17.2 Å². The third-order valence-corrected chi connectivity index (χ3v) is 17.3. The largest absolute Gasteiger partial charge is 0.872 e. The number of carboxylic acids is 2. The van der Waals surface area contributed by atoms with Gasteiger partial charge in [0, 0.05) is 77.9 Å². The number of aromatic carboxylic acids is 2. The molecule has 2 heterocycles. The van der Waals surface area contributed by atoms with E-state index >= 15 is 0 Å². The summed E-state index contributed by atoms with van der Waals surface area (Å²) in [6, 6.07) is 47.3. The number of nitrogens with zero attached hydrogens (tertiary/aromatic N) is 3. The number of aromatic hydroxyl groups is 1. The first kappa shape index (κ1) is 56.0. The molecule has 11 heteroatoms. The molecule has 1 fully saturated rings. The van der Waals surface area contributed by atoms with Gasteiger partial charge in [-0.25, -0.2) is 9.59 Å². The van der Waals surface area contributed by atoms with Gasteiger partial charge in [0.1, 0.15) is 18.4 Å². The maximum absolute atomic E-state index is 12.9. The summed E-state index contributed by atoms with van der Waals surface area (Å²) in [5.41, 5.74) is 18.4. The number of phenols is 1. The molecular formula is C69H72N4O7. The van der Waals surface area contributed by atoms with Crippen molar-refractivity contribution in [3.63, 3.8) is 0 Å². The lowest BCUT2D eigenvalue weighted by Gasteiger charge is -2.54. The molecule has 11 rings (SSSR count). The molecule has 2 aliphatic rings. The molecule has 7 aromatic carbocycles. The molecule has 5 N–H and O–H groups in total. The van der Waals surface area contributed by atoms with Crippen LogP contribution in [-0.4, -0.2) is 51.8 Å². The summed E-state index contributed by atoms with van der Waals surface area (Å²) in [7, 11) is 6.28. The molecule has 0 bridgehead atoms. The van der Waals surface area contributed by atoms with E-state index in [4.69, 9.17) is 5.73 Å². The Bertz CT molecular complexity index is 3790. The maximum atomic E-state index is 12.9. The van der Waals surface area contributed by atoms with Crippen LogP contribution in [0.2, 0.25) is 0 Å². The topological polar surface area (TPSA) is 173 Å². The highest BCUT2D eigenvalue weighted by molar-refractivity contribution is 6.02. The molecule has 3 unspecified atom stereocenters. The van der Waals surface area contributed by atoms with Crippen molar-refractivity contribution in [1.29, 1.82) is 0 Å². The summed E-state index contributed by atoms with van der Waals surface area (Å²) in [4.78, 5) is 37.4. The van der Waals surface area contributed by atoms with Gasteiger partial charge in [0.25, 0.3) is 0 Å². The molecular weight excluding hydrogens is 997 g/mol. The molecule has 0 aliphatic heterocycles. The maximum Gasteiger partial charge on any atom is 0.339 e. The van der Waals surface area contributed by atoms with Gasteiger partial charge in [0.2, 0.25) is 17.1 Å². The van der Waals surface area contributed by atoms with Crippen LogP contribution in [0.3, 0.4) is 0 Å². The SMILES string of the molecule is CC(C)c1ccc2c(c1)CCC1C(C)(C(N)=O)CCCC21C.Cc1cc(C=Cc2ccc3cc(N(C)C)ccc3[n+]2C)c(C)n1-c1ccccc1.O=C(O)c1cc2ccccc2c(Cc2c(O)c(C(=O)O)cc3ccccc23)c1[O-]. The number of amides is 1. The minimum atomic E-state index is -1.34. The monoisotopic (exact) mass is 1070 g/mol. The van der Waals surface area contributed by atoms with Gasteiger partial charge in [-0.2, -0.15) is 4.57 Å². The number of carboxylic acid groups (broad SMARTS) is 2. The number of benzene rings is 7. The zero-order valence-electron chi connectivity index (χ0n) is 47.3. The smallest absolute Gasteiger partial charge is 0.339 e. The Kier molecular flexibility index (Phi) is 15.8. The van der Waals surface area contributed by atoms with Crippen LogP contribution in [0.15, 0.2) is 146 Å². The molecule has 80 heavy (non-hydrogen) atoms. The summed E-state index contributed by atoms with van der Waals surface area (Å²) in [6.07, 6.45) is 9.71. The highest BCUT2D eigenvalue weighted by Crippen LogP contribution is 2.57. The van der Waals surface area contributed by atoms with Crippen molar-refractivity contribution >= 4 is 68.1 Å². The fraction of sp³-hybridized carbons (Fsp3) is 0.275. The minimum absolute atomic E-state index is 0.102. The normalized spacial score (nSPS) is 17.6. The van der Waals surface area contributed by atoms with Crippen molar-refractivity contribution in [2.24, 2.45) is 24.1 Å². The number of anilines is 1. The van der Waals surface area contributed by atoms with Crippen LogP contribution >= 0.6 is 0 Å². The van der Waals surface area contributed by atoms with Gasteiger partial charge in [-0.3, -0.25) is 4.79 Å². The Balaban J connectivity index is 0.000000147. The van der Waals surface area contributed by atoms with Gasteiger partial charge in [-0.15, -0.1) is 0 Å². The van der Waals surface area contributed by atoms with Crippen molar-refractivity contribution in [2.45, 2.75) is 91.4 Å². The van der Waals surface area contributed by atoms with Crippen LogP contribution in [0.1, 0.15) is 130 Å². The second-order valence-corrected chi connectivity index (χ2v) is 22.7. The molecule has 9 aromatic rings. The van der Waals surface area contributed by atoms with Crippen molar-refractivity contribution in [2.75, 3.05) is 19.0 Å². The lowest BCUT2D eigenvalue weighted by Crippen LogP contribution is -2.54. The number of para-hydroxylation sites is 1. The van der Waals surface area contributed by atoms with Crippen LogP contribution in [0, 0.1) is 25.2 Å².